The van der Waals surface area contributed by atoms with Crippen LogP contribution in [0.3, 0.4) is 0 Å². The van der Waals surface area contributed by atoms with E-state index in [1.54, 1.807) is 11.3 Å². The lowest BCUT2D eigenvalue weighted by Gasteiger charge is -2.12. The maximum Gasteiger partial charge on any atom is 0.238 e. The molecule has 112 valence electrons. The Morgan fingerprint density at radius 3 is 2.48 bits per heavy atom. The lowest BCUT2D eigenvalue weighted by Crippen LogP contribution is -2.30. The summed E-state index contributed by atoms with van der Waals surface area (Å²) >= 11 is 1.64. The van der Waals surface area contributed by atoms with Crippen LogP contribution in [0.5, 0.6) is 0 Å². The summed E-state index contributed by atoms with van der Waals surface area (Å²) in [5.74, 6) is -2.06. The molecule has 1 amide bonds. The molecule has 1 heterocycles. The minimum atomic E-state index is -0.787. The highest BCUT2D eigenvalue weighted by Gasteiger charge is 2.13. The van der Waals surface area contributed by atoms with Gasteiger partial charge in [-0.05, 0) is 38.1 Å². The number of thiophene rings is 1. The van der Waals surface area contributed by atoms with Crippen molar-refractivity contribution in [3.05, 3.63) is 51.7 Å². The number of amides is 1. The average molecular weight is 310 g/mol. The molecule has 0 radical (unpaired) electrons. The van der Waals surface area contributed by atoms with E-state index in [0.717, 1.165) is 17.0 Å². The summed E-state index contributed by atoms with van der Waals surface area (Å²) < 4.78 is 26.8. The molecule has 0 aliphatic rings. The van der Waals surface area contributed by atoms with Crippen molar-refractivity contribution in [1.82, 2.24) is 5.32 Å². The lowest BCUT2D eigenvalue weighted by molar-refractivity contribution is -0.115. The van der Waals surface area contributed by atoms with Crippen molar-refractivity contribution in [3.63, 3.8) is 0 Å². The van der Waals surface area contributed by atoms with Crippen molar-refractivity contribution in [3.8, 4) is 0 Å². The number of anilines is 1. The fraction of sp³-hybridized carbons (Fsp3) is 0.267. The molecule has 2 rings (SSSR count). The van der Waals surface area contributed by atoms with Crippen molar-refractivity contribution < 1.29 is 13.6 Å². The highest BCUT2D eigenvalue weighted by molar-refractivity contribution is 7.12. The molecule has 2 N–H and O–H groups in total. The quantitative estimate of drug-likeness (QED) is 0.885. The predicted molar refractivity (Wildman–Crippen MR) is 80.5 cm³/mol. The first-order chi connectivity index (χ1) is 9.97. The van der Waals surface area contributed by atoms with Crippen LogP contribution in [0.1, 0.15) is 22.7 Å². The van der Waals surface area contributed by atoms with Crippen LogP contribution in [0.2, 0.25) is 0 Å². The van der Waals surface area contributed by atoms with Gasteiger partial charge in [-0.3, -0.25) is 4.79 Å². The first kappa shape index (κ1) is 15.6. The van der Waals surface area contributed by atoms with Crippen LogP contribution >= 0.6 is 11.3 Å². The van der Waals surface area contributed by atoms with E-state index in [0.29, 0.717) is 0 Å². The van der Waals surface area contributed by atoms with Gasteiger partial charge in [0.05, 0.1) is 6.54 Å². The molecule has 1 aromatic carbocycles. The molecular weight excluding hydrogens is 294 g/mol. The second kappa shape index (κ2) is 6.78. The molecule has 0 fully saturated rings. The predicted octanol–water partition coefficient (Wildman–Crippen LogP) is 3.62. The largest absolute Gasteiger partial charge is 0.320 e. The maximum atomic E-state index is 13.4. The van der Waals surface area contributed by atoms with Crippen molar-refractivity contribution >= 4 is 22.9 Å². The summed E-state index contributed by atoms with van der Waals surface area (Å²) in [4.78, 5) is 14.1. The lowest BCUT2D eigenvalue weighted by atomic mass is 10.2. The second-order valence-corrected chi connectivity index (χ2v) is 6.02. The molecule has 3 nitrogen and oxygen atoms in total. The Hall–Kier alpha value is -1.79. The molecule has 0 bridgehead atoms. The van der Waals surface area contributed by atoms with Gasteiger partial charge in [-0.1, -0.05) is 6.07 Å². The molecule has 0 aliphatic heterocycles. The number of carbonyl (C=O) groups excluding carboxylic acids is 1. The number of benzene rings is 1. The smallest absolute Gasteiger partial charge is 0.238 e. The second-order valence-electron chi connectivity index (χ2n) is 4.70. The monoisotopic (exact) mass is 310 g/mol. The van der Waals surface area contributed by atoms with Gasteiger partial charge in [0.25, 0.3) is 0 Å². The first-order valence-electron chi connectivity index (χ1n) is 6.51. The Labute approximate surface area is 126 Å². The Morgan fingerprint density at radius 2 is 1.90 bits per heavy atom. The number of halogens is 2. The van der Waals surface area contributed by atoms with E-state index in [1.165, 1.54) is 10.9 Å². The fourth-order valence-electron chi connectivity index (χ4n) is 1.83. The third-order valence-electron chi connectivity index (χ3n) is 2.98. The van der Waals surface area contributed by atoms with Crippen LogP contribution in [0.25, 0.3) is 0 Å². The van der Waals surface area contributed by atoms with Crippen molar-refractivity contribution in [1.29, 1.82) is 0 Å². The van der Waals surface area contributed by atoms with Crippen molar-refractivity contribution in [2.75, 3.05) is 11.9 Å². The number of para-hydroxylation sites is 1. The molecule has 21 heavy (non-hydrogen) atoms. The summed E-state index contributed by atoms with van der Waals surface area (Å²) in [6.45, 7) is 3.92. The molecule has 2 aromatic rings. The van der Waals surface area contributed by atoms with E-state index in [4.69, 9.17) is 0 Å². The summed E-state index contributed by atoms with van der Waals surface area (Å²) in [6, 6.07) is 7.45. The van der Waals surface area contributed by atoms with E-state index >= 15 is 0 Å². The summed E-state index contributed by atoms with van der Waals surface area (Å²) in [5.41, 5.74) is -0.413. The van der Waals surface area contributed by atoms with Crippen LogP contribution in [0.15, 0.2) is 30.3 Å². The number of hydrogen-bond acceptors (Lipinski definition) is 3. The zero-order valence-electron chi connectivity index (χ0n) is 11.7. The average Bonchev–Trinajstić information content (AvgIpc) is 2.87. The highest BCUT2D eigenvalue weighted by atomic mass is 32.1. The van der Waals surface area contributed by atoms with Gasteiger partial charge < -0.3 is 10.6 Å². The van der Waals surface area contributed by atoms with Crippen LogP contribution in [-0.2, 0) is 4.79 Å². The number of aryl methyl sites for hydroxylation is 1. The fourth-order valence-corrected chi connectivity index (χ4v) is 2.74. The SMILES string of the molecule is Cc1ccc(C(C)NCC(=O)Nc2c(F)cccc2F)s1. The zero-order valence-corrected chi connectivity index (χ0v) is 12.6. The van der Waals surface area contributed by atoms with Crippen molar-refractivity contribution in [2.45, 2.75) is 19.9 Å². The van der Waals surface area contributed by atoms with Gasteiger partial charge in [0, 0.05) is 15.8 Å². The van der Waals surface area contributed by atoms with Crippen LogP contribution in [0.4, 0.5) is 14.5 Å². The molecule has 0 aliphatic carbocycles. The van der Waals surface area contributed by atoms with E-state index in [1.807, 2.05) is 26.0 Å². The number of carbonyl (C=O) groups is 1. The number of hydrogen-bond donors (Lipinski definition) is 2. The third kappa shape index (κ3) is 4.09. The van der Waals surface area contributed by atoms with Gasteiger partial charge in [0.1, 0.15) is 17.3 Å². The third-order valence-corrected chi connectivity index (χ3v) is 4.17. The van der Waals surface area contributed by atoms with Crippen molar-refractivity contribution in [2.24, 2.45) is 0 Å². The van der Waals surface area contributed by atoms with Gasteiger partial charge in [-0.2, -0.15) is 0 Å². The summed E-state index contributed by atoms with van der Waals surface area (Å²) in [5, 5.41) is 5.27. The van der Waals surface area contributed by atoms with Gasteiger partial charge in [-0.15, -0.1) is 11.3 Å². The number of nitrogens with one attached hydrogen (secondary N) is 2. The van der Waals surface area contributed by atoms with E-state index in [9.17, 15) is 13.6 Å². The van der Waals surface area contributed by atoms with E-state index in [-0.39, 0.29) is 12.6 Å². The molecular formula is C15H16F2N2OS. The van der Waals surface area contributed by atoms with Gasteiger partial charge >= 0.3 is 0 Å². The van der Waals surface area contributed by atoms with Crippen LogP contribution in [0, 0.1) is 18.6 Å². The molecule has 0 saturated carbocycles. The topological polar surface area (TPSA) is 41.1 Å². The Bertz CT molecular complexity index is 622. The van der Waals surface area contributed by atoms with Crippen LogP contribution in [-0.4, -0.2) is 12.5 Å². The van der Waals surface area contributed by atoms with Gasteiger partial charge in [-0.25, -0.2) is 8.78 Å². The van der Waals surface area contributed by atoms with Gasteiger partial charge in [0.2, 0.25) is 5.91 Å². The minimum Gasteiger partial charge on any atom is -0.320 e. The van der Waals surface area contributed by atoms with Crippen LogP contribution < -0.4 is 10.6 Å². The summed E-state index contributed by atoms with van der Waals surface area (Å²) in [6.07, 6.45) is 0. The Kier molecular flexibility index (Phi) is 5.03. The molecule has 1 unspecified atom stereocenters. The molecule has 6 heteroatoms. The summed E-state index contributed by atoms with van der Waals surface area (Å²) in [7, 11) is 0. The zero-order chi connectivity index (χ0) is 15.4. The highest BCUT2D eigenvalue weighted by Crippen LogP contribution is 2.22. The van der Waals surface area contributed by atoms with E-state index in [2.05, 4.69) is 10.6 Å². The molecule has 1 atom stereocenters. The Morgan fingerprint density at radius 1 is 1.24 bits per heavy atom. The molecule has 0 spiro atoms. The van der Waals surface area contributed by atoms with Gasteiger partial charge in [0.15, 0.2) is 0 Å². The normalized spacial score (nSPS) is 12.2. The standard InChI is InChI=1S/C15H16F2N2OS/c1-9-6-7-13(21-9)10(2)18-8-14(20)19-15-11(16)4-3-5-12(15)17/h3-7,10,18H,8H2,1-2H3,(H,19,20). The molecule has 1 aromatic heterocycles. The first-order valence-corrected chi connectivity index (χ1v) is 7.32. The Balaban J connectivity index is 1.90. The minimum absolute atomic E-state index is 0.0000766. The molecule has 0 saturated heterocycles. The van der Waals surface area contributed by atoms with E-state index < -0.39 is 23.2 Å². The maximum absolute atomic E-state index is 13.4. The number of rotatable bonds is 5.